The minimum Gasteiger partial charge on any atom is -0.381 e. The lowest BCUT2D eigenvalue weighted by atomic mass is 9.96. The van der Waals surface area contributed by atoms with Crippen molar-refractivity contribution in [3.63, 3.8) is 0 Å². The highest BCUT2D eigenvalue weighted by Crippen LogP contribution is 2.31. The normalized spacial score (nSPS) is 18.9. The molecule has 2 aromatic heterocycles. The van der Waals surface area contributed by atoms with Crippen molar-refractivity contribution < 1.29 is 14.1 Å². The van der Waals surface area contributed by atoms with E-state index in [2.05, 4.69) is 47.8 Å². The highest BCUT2D eigenvalue weighted by atomic mass is 16.5. The van der Waals surface area contributed by atoms with Gasteiger partial charge < -0.3 is 14.2 Å². The number of aryl methyl sites for hydroxylation is 1. The number of hydrogen-bond donors (Lipinski definition) is 0. The highest BCUT2D eigenvalue weighted by molar-refractivity contribution is 5.97. The quantitative estimate of drug-likeness (QED) is 0.338. The molecule has 0 radical (unpaired) electrons. The van der Waals surface area contributed by atoms with Gasteiger partial charge in [0.2, 0.25) is 5.89 Å². The van der Waals surface area contributed by atoms with Crippen LogP contribution < -0.4 is 0 Å². The Bertz CT molecular complexity index is 1430. The molecule has 38 heavy (non-hydrogen) atoms. The van der Waals surface area contributed by atoms with Crippen molar-refractivity contribution in [3.8, 4) is 5.69 Å². The van der Waals surface area contributed by atoms with Crippen molar-refractivity contribution >= 4 is 16.9 Å². The lowest BCUT2D eigenvalue weighted by Crippen LogP contribution is -2.39. The molecule has 1 atom stereocenters. The van der Waals surface area contributed by atoms with Crippen LogP contribution in [-0.2, 0) is 4.74 Å². The molecule has 4 aromatic rings. The van der Waals surface area contributed by atoms with Crippen molar-refractivity contribution in [2.24, 2.45) is 0 Å². The zero-order valence-corrected chi connectivity index (χ0v) is 22.4. The highest BCUT2D eigenvalue weighted by Gasteiger charge is 2.31. The molecule has 1 unspecified atom stereocenters. The smallest absolute Gasteiger partial charge is 0.253 e. The molecular formula is C30H35N5O3. The van der Waals surface area contributed by atoms with E-state index in [0.29, 0.717) is 29.8 Å². The summed E-state index contributed by atoms with van der Waals surface area (Å²) in [6, 6.07) is 14.5. The molecule has 6 rings (SSSR count). The molecule has 0 saturated carbocycles. The summed E-state index contributed by atoms with van der Waals surface area (Å²) in [6.07, 6.45) is 3.70. The average molecular weight is 514 g/mol. The van der Waals surface area contributed by atoms with Gasteiger partial charge in [-0.2, -0.15) is 4.98 Å². The van der Waals surface area contributed by atoms with Gasteiger partial charge >= 0.3 is 0 Å². The summed E-state index contributed by atoms with van der Waals surface area (Å²) in [5.74, 6) is 3.20. The van der Waals surface area contributed by atoms with Crippen molar-refractivity contribution in [2.45, 2.75) is 64.2 Å². The molecule has 2 fully saturated rings. The lowest BCUT2D eigenvalue weighted by molar-refractivity contribution is 0.0696. The van der Waals surface area contributed by atoms with Crippen LogP contribution in [0.4, 0.5) is 0 Å². The first-order valence-corrected chi connectivity index (χ1v) is 13.8. The van der Waals surface area contributed by atoms with E-state index < -0.39 is 0 Å². The molecule has 198 valence electrons. The maximum Gasteiger partial charge on any atom is 0.253 e. The fourth-order valence-corrected chi connectivity index (χ4v) is 5.75. The molecule has 0 N–H and O–H groups in total. The van der Waals surface area contributed by atoms with Gasteiger partial charge in [0.15, 0.2) is 5.82 Å². The van der Waals surface area contributed by atoms with Crippen LogP contribution in [0.15, 0.2) is 47.0 Å². The number of fused-ring (bicyclic) bond motifs is 1. The number of piperidine rings is 1. The Balaban J connectivity index is 1.20. The number of carbonyl (C=O) groups excluding carboxylic acids is 1. The number of nitrogens with zero attached hydrogens (tertiary/aromatic N) is 5. The number of carbonyl (C=O) groups is 1. The van der Waals surface area contributed by atoms with E-state index in [1.807, 2.05) is 30.0 Å². The van der Waals surface area contributed by atoms with E-state index in [-0.39, 0.29) is 11.8 Å². The van der Waals surface area contributed by atoms with Gasteiger partial charge in [0.05, 0.1) is 17.0 Å². The minimum atomic E-state index is 0.0225. The van der Waals surface area contributed by atoms with Crippen molar-refractivity contribution in [1.82, 2.24) is 24.6 Å². The summed E-state index contributed by atoms with van der Waals surface area (Å²) in [5.41, 5.74) is 4.87. The third kappa shape index (κ3) is 4.73. The van der Waals surface area contributed by atoms with Crippen LogP contribution in [0.5, 0.6) is 0 Å². The molecule has 2 aliphatic rings. The SMILES string of the molecule is Cc1nc2cc(C(=O)N3CCCC(c4nc(C5CCOCC5)no4)C3)ccc2n1-c1ccc(C(C)C)cc1. The van der Waals surface area contributed by atoms with Crippen LogP contribution in [0.2, 0.25) is 0 Å². The second-order valence-corrected chi connectivity index (χ2v) is 10.9. The van der Waals surface area contributed by atoms with E-state index >= 15 is 0 Å². The Morgan fingerprint density at radius 1 is 1.00 bits per heavy atom. The molecule has 2 saturated heterocycles. The number of amides is 1. The number of aromatic nitrogens is 4. The first-order valence-electron chi connectivity index (χ1n) is 13.8. The monoisotopic (exact) mass is 513 g/mol. The van der Waals surface area contributed by atoms with E-state index in [1.54, 1.807) is 0 Å². The number of likely N-dealkylation sites (tertiary alicyclic amines) is 1. The van der Waals surface area contributed by atoms with Crippen LogP contribution in [0.25, 0.3) is 16.7 Å². The Hall–Kier alpha value is -3.52. The van der Waals surface area contributed by atoms with E-state index in [4.69, 9.17) is 19.2 Å². The van der Waals surface area contributed by atoms with Crippen molar-refractivity contribution in [3.05, 3.63) is 71.1 Å². The third-order valence-electron chi connectivity index (χ3n) is 7.99. The lowest BCUT2D eigenvalue weighted by Gasteiger charge is -2.31. The standard InChI is InChI=1S/C30H35N5O3/c1-19(2)21-6-9-25(10-7-21)35-20(3)31-26-17-23(8-11-27(26)35)30(36)34-14-4-5-24(18-34)29-32-28(33-38-29)22-12-15-37-16-13-22/h6-11,17,19,22,24H,4-5,12-16,18H2,1-3H3. The summed E-state index contributed by atoms with van der Waals surface area (Å²) in [6.45, 7) is 9.20. The summed E-state index contributed by atoms with van der Waals surface area (Å²) >= 11 is 0. The van der Waals surface area contributed by atoms with Crippen LogP contribution in [-0.4, -0.2) is 56.8 Å². The van der Waals surface area contributed by atoms with Gasteiger partial charge in [-0.1, -0.05) is 31.1 Å². The molecule has 1 amide bonds. The number of benzene rings is 2. The summed E-state index contributed by atoms with van der Waals surface area (Å²) < 4.78 is 13.3. The van der Waals surface area contributed by atoms with Gasteiger partial charge in [-0.25, -0.2) is 4.98 Å². The zero-order chi connectivity index (χ0) is 26.2. The molecule has 2 aliphatic heterocycles. The predicted molar refractivity (Wildman–Crippen MR) is 145 cm³/mol. The largest absolute Gasteiger partial charge is 0.381 e. The van der Waals surface area contributed by atoms with Gasteiger partial charge in [0, 0.05) is 43.5 Å². The molecule has 0 bridgehead atoms. The fourth-order valence-electron chi connectivity index (χ4n) is 5.75. The van der Waals surface area contributed by atoms with Crippen LogP contribution in [0, 0.1) is 6.92 Å². The fraction of sp³-hybridized carbons (Fsp3) is 0.467. The Morgan fingerprint density at radius 2 is 1.79 bits per heavy atom. The molecule has 0 aliphatic carbocycles. The van der Waals surface area contributed by atoms with Gasteiger partial charge in [0.1, 0.15) is 5.82 Å². The molecule has 8 heteroatoms. The second-order valence-electron chi connectivity index (χ2n) is 10.9. The van der Waals surface area contributed by atoms with Gasteiger partial charge in [0.25, 0.3) is 5.91 Å². The molecule has 0 spiro atoms. The van der Waals surface area contributed by atoms with E-state index in [9.17, 15) is 4.79 Å². The maximum absolute atomic E-state index is 13.5. The first kappa shape index (κ1) is 24.8. The molecule has 4 heterocycles. The Labute approximate surface area is 223 Å². The molecular weight excluding hydrogens is 478 g/mol. The maximum atomic E-state index is 13.5. The predicted octanol–water partition coefficient (Wildman–Crippen LogP) is 5.75. The first-order chi connectivity index (χ1) is 18.5. The number of ether oxygens (including phenoxy) is 1. The molecule has 2 aromatic carbocycles. The molecule has 8 nitrogen and oxygen atoms in total. The summed E-state index contributed by atoms with van der Waals surface area (Å²) in [4.78, 5) is 25.0. The Morgan fingerprint density at radius 3 is 2.55 bits per heavy atom. The van der Waals surface area contributed by atoms with E-state index in [0.717, 1.165) is 73.8 Å². The van der Waals surface area contributed by atoms with Crippen LogP contribution in [0.1, 0.15) is 90.7 Å². The third-order valence-corrected chi connectivity index (χ3v) is 7.99. The van der Waals surface area contributed by atoms with Gasteiger partial charge in [-0.3, -0.25) is 9.36 Å². The second kappa shape index (κ2) is 10.3. The number of imidazole rings is 1. The minimum absolute atomic E-state index is 0.0225. The Kier molecular flexibility index (Phi) is 6.74. The van der Waals surface area contributed by atoms with Crippen LogP contribution >= 0.6 is 0 Å². The van der Waals surface area contributed by atoms with Crippen LogP contribution in [0.3, 0.4) is 0 Å². The number of hydrogen-bond acceptors (Lipinski definition) is 6. The van der Waals surface area contributed by atoms with Crippen molar-refractivity contribution in [1.29, 1.82) is 0 Å². The average Bonchev–Trinajstić information content (AvgIpc) is 3.57. The van der Waals surface area contributed by atoms with E-state index in [1.165, 1.54) is 5.56 Å². The van der Waals surface area contributed by atoms with Gasteiger partial charge in [-0.15, -0.1) is 0 Å². The van der Waals surface area contributed by atoms with Gasteiger partial charge in [-0.05, 0) is 74.4 Å². The van der Waals surface area contributed by atoms with Crippen molar-refractivity contribution in [2.75, 3.05) is 26.3 Å². The summed E-state index contributed by atoms with van der Waals surface area (Å²) in [7, 11) is 0. The number of rotatable bonds is 5. The summed E-state index contributed by atoms with van der Waals surface area (Å²) in [5, 5.41) is 4.27. The topological polar surface area (TPSA) is 86.3 Å². The zero-order valence-electron chi connectivity index (χ0n) is 22.4.